The molecule has 33 heavy (non-hydrogen) atoms. The summed E-state index contributed by atoms with van der Waals surface area (Å²) in [5.74, 6) is 1.37. The Bertz CT molecular complexity index is 1090. The summed E-state index contributed by atoms with van der Waals surface area (Å²) < 4.78 is 10.9. The molecular formula is C27H31N3O3. The molecule has 6 nitrogen and oxygen atoms in total. The van der Waals surface area contributed by atoms with Crippen LogP contribution in [-0.4, -0.2) is 43.1 Å². The number of likely N-dealkylation sites (tertiary alicyclic amines) is 1. The first-order valence-electron chi connectivity index (χ1n) is 11.3. The number of aromatic nitrogens is 1. The minimum absolute atomic E-state index is 0.233. The lowest BCUT2D eigenvalue weighted by Crippen LogP contribution is -2.51. The molecule has 0 spiro atoms. The van der Waals surface area contributed by atoms with E-state index in [1.54, 1.807) is 26.6 Å². The summed E-state index contributed by atoms with van der Waals surface area (Å²) in [6.07, 6.45) is 5.92. The Morgan fingerprint density at radius 2 is 1.76 bits per heavy atom. The molecule has 0 saturated carbocycles. The van der Waals surface area contributed by atoms with E-state index in [0.717, 1.165) is 53.1 Å². The van der Waals surface area contributed by atoms with E-state index in [2.05, 4.69) is 34.1 Å². The quantitative estimate of drug-likeness (QED) is 0.565. The van der Waals surface area contributed by atoms with E-state index in [4.69, 9.17) is 15.2 Å². The van der Waals surface area contributed by atoms with E-state index in [-0.39, 0.29) is 5.91 Å². The van der Waals surface area contributed by atoms with Gasteiger partial charge in [-0.05, 0) is 72.8 Å². The maximum absolute atomic E-state index is 12.7. The molecule has 2 heterocycles. The fourth-order valence-electron chi connectivity index (χ4n) is 4.79. The molecule has 6 heteroatoms. The summed E-state index contributed by atoms with van der Waals surface area (Å²) in [4.78, 5) is 19.1. The standard InChI is InChI=1S/C27H31N3O3/c1-32-24-8-9-25(33-2)23(16-24)18-30-15-3-12-27(19-30,26(28)31)17-20-4-6-21(7-5-20)22-10-13-29-14-11-22/h4-11,13-14,16H,3,12,15,17-19H2,1-2H3,(H2,28,31). The SMILES string of the molecule is COc1ccc(OC)c(CN2CCCC(Cc3ccc(-c4ccncc4)cc3)(C(N)=O)C2)c1. The molecule has 4 rings (SSSR count). The number of nitrogens with zero attached hydrogens (tertiary/aromatic N) is 2. The number of primary amides is 1. The van der Waals surface area contributed by atoms with Crippen molar-refractivity contribution in [2.24, 2.45) is 11.1 Å². The average molecular weight is 446 g/mol. The number of benzene rings is 2. The zero-order valence-corrected chi connectivity index (χ0v) is 19.3. The van der Waals surface area contributed by atoms with Crippen LogP contribution in [0.15, 0.2) is 67.0 Å². The molecule has 1 saturated heterocycles. The molecule has 1 aliphatic heterocycles. The Kier molecular flexibility index (Phi) is 6.94. The Labute approximate surface area is 195 Å². The molecule has 172 valence electrons. The molecular weight excluding hydrogens is 414 g/mol. The van der Waals surface area contributed by atoms with Gasteiger partial charge in [0.05, 0.1) is 19.6 Å². The van der Waals surface area contributed by atoms with Crippen molar-refractivity contribution < 1.29 is 14.3 Å². The summed E-state index contributed by atoms with van der Waals surface area (Å²) in [5.41, 5.74) is 9.83. The monoisotopic (exact) mass is 445 g/mol. The number of ether oxygens (including phenoxy) is 2. The maximum atomic E-state index is 12.7. The summed E-state index contributed by atoms with van der Waals surface area (Å²) in [6, 6.07) is 18.2. The minimum atomic E-state index is -0.595. The molecule has 1 fully saturated rings. The first-order chi connectivity index (χ1) is 16.0. The number of hydrogen-bond acceptors (Lipinski definition) is 5. The highest BCUT2D eigenvalue weighted by atomic mass is 16.5. The number of methoxy groups -OCH3 is 2. The van der Waals surface area contributed by atoms with E-state index in [0.29, 0.717) is 19.5 Å². The van der Waals surface area contributed by atoms with Crippen LogP contribution in [0.5, 0.6) is 11.5 Å². The summed E-state index contributed by atoms with van der Waals surface area (Å²) in [5, 5.41) is 0. The van der Waals surface area contributed by atoms with Crippen LogP contribution >= 0.6 is 0 Å². The number of pyridine rings is 1. The fourth-order valence-corrected chi connectivity index (χ4v) is 4.79. The second kappa shape index (κ2) is 10.0. The highest BCUT2D eigenvalue weighted by molar-refractivity contribution is 5.81. The van der Waals surface area contributed by atoms with Gasteiger partial charge in [-0.1, -0.05) is 24.3 Å². The van der Waals surface area contributed by atoms with Crippen LogP contribution in [-0.2, 0) is 17.8 Å². The fraction of sp³-hybridized carbons (Fsp3) is 0.333. The summed E-state index contributed by atoms with van der Waals surface area (Å²) in [7, 11) is 3.33. The third-order valence-corrected chi connectivity index (χ3v) is 6.57. The molecule has 2 N–H and O–H groups in total. The Hall–Kier alpha value is -3.38. The first-order valence-corrected chi connectivity index (χ1v) is 11.3. The smallest absolute Gasteiger partial charge is 0.225 e. The second-order valence-corrected chi connectivity index (χ2v) is 8.75. The van der Waals surface area contributed by atoms with Crippen LogP contribution < -0.4 is 15.2 Å². The van der Waals surface area contributed by atoms with Crippen molar-refractivity contribution in [2.75, 3.05) is 27.3 Å². The van der Waals surface area contributed by atoms with Gasteiger partial charge in [-0.25, -0.2) is 0 Å². The largest absolute Gasteiger partial charge is 0.497 e. The van der Waals surface area contributed by atoms with E-state index < -0.39 is 5.41 Å². The van der Waals surface area contributed by atoms with E-state index in [9.17, 15) is 4.79 Å². The van der Waals surface area contributed by atoms with Crippen molar-refractivity contribution in [1.29, 1.82) is 0 Å². The van der Waals surface area contributed by atoms with Gasteiger partial charge in [0.25, 0.3) is 0 Å². The molecule has 1 aliphatic rings. The molecule has 0 aliphatic carbocycles. The number of rotatable bonds is 8. The Balaban J connectivity index is 1.52. The van der Waals surface area contributed by atoms with E-state index in [1.807, 2.05) is 30.3 Å². The normalized spacial score (nSPS) is 18.6. The Morgan fingerprint density at radius 1 is 1.03 bits per heavy atom. The average Bonchev–Trinajstić information content (AvgIpc) is 2.85. The molecule has 1 aromatic heterocycles. The molecule has 0 bridgehead atoms. The lowest BCUT2D eigenvalue weighted by Gasteiger charge is -2.41. The van der Waals surface area contributed by atoms with Gasteiger partial charge in [0.1, 0.15) is 11.5 Å². The van der Waals surface area contributed by atoms with Gasteiger partial charge < -0.3 is 15.2 Å². The van der Waals surface area contributed by atoms with E-state index in [1.165, 1.54) is 0 Å². The van der Waals surface area contributed by atoms with Crippen molar-refractivity contribution in [3.8, 4) is 22.6 Å². The third-order valence-electron chi connectivity index (χ3n) is 6.57. The second-order valence-electron chi connectivity index (χ2n) is 8.75. The predicted octanol–water partition coefficient (Wildman–Crippen LogP) is 4.08. The molecule has 1 unspecified atom stereocenters. The third kappa shape index (κ3) is 5.17. The van der Waals surface area contributed by atoms with E-state index >= 15 is 0 Å². The number of nitrogens with two attached hydrogens (primary N) is 1. The number of piperidine rings is 1. The van der Waals surface area contributed by atoms with Crippen molar-refractivity contribution in [1.82, 2.24) is 9.88 Å². The Morgan fingerprint density at radius 3 is 2.42 bits per heavy atom. The van der Waals surface area contributed by atoms with Crippen LogP contribution in [0.2, 0.25) is 0 Å². The van der Waals surface area contributed by atoms with Crippen molar-refractivity contribution in [3.63, 3.8) is 0 Å². The number of hydrogen-bond donors (Lipinski definition) is 1. The molecule has 3 aromatic rings. The van der Waals surface area contributed by atoms with Crippen LogP contribution in [0.4, 0.5) is 0 Å². The van der Waals surface area contributed by atoms with Gasteiger partial charge in [-0.3, -0.25) is 14.7 Å². The number of carbonyl (C=O) groups is 1. The number of amides is 1. The lowest BCUT2D eigenvalue weighted by atomic mass is 9.74. The number of carbonyl (C=O) groups excluding carboxylic acids is 1. The first kappa shape index (κ1) is 22.8. The zero-order valence-electron chi connectivity index (χ0n) is 19.3. The van der Waals surface area contributed by atoms with Crippen LogP contribution in [0, 0.1) is 5.41 Å². The van der Waals surface area contributed by atoms with Crippen molar-refractivity contribution in [2.45, 2.75) is 25.8 Å². The minimum Gasteiger partial charge on any atom is -0.497 e. The predicted molar refractivity (Wildman–Crippen MR) is 129 cm³/mol. The zero-order chi connectivity index (χ0) is 23.3. The topological polar surface area (TPSA) is 77.7 Å². The lowest BCUT2D eigenvalue weighted by molar-refractivity contribution is -0.131. The summed E-state index contributed by atoms with van der Waals surface area (Å²) in [6.45, 7) is 2.21. The molecule has 1 atom stereocenters. The highest BCUT2D eigenvalue weighted by Crippen LogP contribution is 2.36. The van der Waals surface area contributed by atoms with Gasteiger partial charge in [-0.2, -0.15) is 0 Å². The van der Waals surface area contributed by atoms with Crippen LogP contribution in [0.25, 0.3) is 11.1 Å². The summed E-state index contributed by atoms with van der Waals surface area (Å²) >= 11 is 0. The van der Waals surface area contributed by atoms with Crippen molar-refractivity contribution in [3.05, 3.63) is 78.1 Å². The van der Waals surface area contributed by atoms with Gasteiger partial charge in [-0.15, -0.1) is 0 Å². The maximum Gasteiger partial charge on any atom is 0.225 e. The highest BCUT2D eigenvalue weighted by Gasteiger charge is 2.41. The van der Waals surface area contributed by atoms with Gasteiger partial charge in [0.2, 0.25) is 5.91 Å². The van der Waals surface area contributed by atoms with Crippen molar-refractivity contribution >= 4 is 5.91 Å². The van der Waals surface area contributed by atoms with Gasteiger partial charge >= 0.3 is 0 Å². The van der Waals surface area contributed by atoms with Gasteiger partial charge in [0.15, 0.2) is 0 Å². The molecule has 0 radical (unpaired) electrons. The molecule has 2 aromatic carbocycles. The molecule has 1 amide bonds. The van der Waals surface area contributed by atoms with Crippen LogP contribution in [0.3, 0.4) is 0 Å². The van der Waals surface area contributed by atoms with Gasteiger partial charge in [0, 0.05) is 31.0 Å². The van der Waals surface area contributed by atoms with Crippen LogP contribution in [0.1, 0.15) is 24.0 Å².